The molecule has 0 aliphatic rings. The van der Waals surface area contributed by atoms with Crippen molar-refractivity contribution in [3.8, 4) is 0 Å². The number of aromatic carboxylic acids is 1. The van der Waals surface area contributed by atoms with E-state index in [0.717, 1.165) is 6.07 Å². The van der Waals surface area contributed by atoms with E-state index in [1.54, 1.807) is 13.0 Å². The number of pyridine rings is 1. The van der Waals surface area contributed by atoms with Gasteiger partial charge in [-0.1, -0.05) is 6.07 Å². The van der Waals surface area contributed by atoms with Gasteiger partial charge in [-0.25, -0.2) is 13.2 Å². The lowest BCUT2D eigenvalue weighted by molar-refractivity contribution is 0.0696. The molecule has 0 radical (unpaired) electrons. The molecule has 0 saturated carbocycles. The van der Waals surface area contributed by atoms with Gasteiger partial charge in [-0.05, 0) is 37.3 Å². The summed E-state index contributed by atoms with van der Waals surface area (Å²) in [5.41, 5.74) is 0.960. The minimum atomic E-state index is -3.83. The lowest BCUT2D eigenvalue weighted by Crippen LogP contribution is -2.13. The fraction of sp³-hybridized carbons (Fsp3) is 0.0769. The van der Waals surface area contributed by atoms with E-state index in [1.165, 1.54) is 30.5 Å². The number of hydrogen-bond donors (Lipinski definition) is 2. The van der Waals surface area contributed by atoms with Crippen molar-refractivity contribution in [2.75, 3.05) is 4.72 Å². The van der Waals surface area contributed by atoms with Gasteiger partial charge in [0.05, 0.1) is 16.1 Å². The summed E-state index contributed by atoms with van der Waals surface area (Å²) < 4.78 is 26.7. The summed E-state index contributed by atoms with van der Waals surface area (Å²) in [6, 6.07) is 8.26. The second-order valence-electron chi connectivity index (χ2n) is 4.12. The van der Waals surface area contributed by atoms with Crippen LogP contribution in [-0.4, -0.2) is 24.5 Å². The first-order chi connectivity index (χ1) is 9.38. The van der Waals surface area contributed by atoms with Crippen molar-refractivity contribution in [3.05, 3.63) is 53.9 Å². The van der Waals surface area contributed by atoms with Gasteiger partial charge in [0.25, 0.3) is 10.0 Å². The van der Waals surface area contributed by atoms with Crippen LogP contribution >= 0.6 is 0 Å². The van der Waals surface area contributed by atoms with E-state index in [0.29, 0.717) is 11.4 Å². The molecule has 0 unspecified atom stereocenters. The van der Waals surface area contributed by atoms with Gasteiger partial charge >= 0.3 is 5.97 Å². The Hall–Kier alpha value is -2.41. The average Bonchev–Trinajstić information content (AvgIpc) is 2.38. The number of sulfonamides is 1. The Morgan fingerprint density at radius 1 is 1.25 bits per heavy atom. The average molecular weight is 292 g/mol. The van der Waals surface area contributed by atoms with Gasteiger partial charge in [-0.2, -0.15) is 0 Å². The van der Waals surface area contributed by atoms with Crippen molar-refractivity contribution >= 4 is 21.7 Å². The first-order valence-corrected chi connectivity index (χ1v) is 7.16. The Morgan fingerprint density at radius 3 is 2.65 bits per heavy atom. The first kappa shape index (κ1) is 14.0. The number of nitrogens with zero attached hydrogens (tertiary/aromatic N) is 1. The van der Waals surface area contributed by atoms with Gasteiger partial charge in [0.1, 0.15) is 0 Å². The van der Waals surface area contributed by atoms with E-state index in [1.807, 2.05) is 0 Å². The van der Waals surface area contributed by atoms with Gasteiger partial charge in [-0.15, -0.1) is 0 Å². The van der Waals surface area contributed by atoms with E-state index in [4.69, 9.17) is 5.11 Å². The molecule has 104 valence electrons. The zero-order valence-corrected chi connectivity index (χ0v) is 11.4. The normalized spacial score (nSPS) is 11.1. The molecule has 0 aliphatic heterocycles. The standard InChI is InChI=1S/C13H12N2O4S/c1-9-7-11(5-6-14-9)15-20(18,19)12-4-2-3-10(8-12)13(16)17/h2-8H,1H3,(H,14,15)(H,16,17). The van der Waals surface area contributed by atoms with Crippen LogP contribution in [-0.2, 0) is 10.0 Å². The minimum Gasteiger partial charge on any atom is -0.478 e. The van der Waals surface area contributed by atoms with Crippen LogP contribution in [0.4, 0.5) is 5.69 Å². The Kier molecular flexibility index (Phi) is 3.71. The van der Waals surface area contributed by atoms with Crippen LogP contribution in [0.5, 0.6) is 0 Å². The topological polar surface area (TPSA) is 96.4 Å². The summed E-state index contributed by atoms with van der Waals surface area (Å²) in [7, 11) is -3.83. The fourth-order valence-electron chi connectivity index (χ4n) is 1.62. The summed E-state index contributed by atoms with van der Waals surface area (Å²) in [5, 5.41) is 8.88. The molecule has 0 fully saturated rings. The predicted octanol–water partition coefficient (Wildman–Crippen LogP) is 1.89. The number of nitrogens with one attached hydrogen (secondary N) is 1. The molecule has 0 atom stereocenters. The minimum absolute atomic E-state index is 0.0845. The molecule has 0 amide bonds. The number of aromatic nitrogens is 1. The summed E-state index contributed by atoms with van der Waals surface area (Å²) in [6.07, 6.45) is 1.49. The maximum atomic E-state index is 12.2. The molecule has 7 heteroatoms. The van der Waals surface area contributed by atoms with Crippen molar-refractivity contribution in [1.29, 1.82) is 0 Å². The molecule has 20 heavy (non-hydrogen) atoms. The number of carbonyl (C=O) groups is 1. The third kappa shape index (κ3) is 3.12. The van der Waals surface area contributed by atoms with Crippen LogP contribution in [0.2, 0.25) is 0 Å². The molecule has 2 aromatic rings. The number of aryl methyl sites for hydroxylation is 1. The van der Waals surface area contributed by atoms with E-state index in [9.17, 15) is 13.2 Å². The number of carboxylic acids is 1. The second-order valence-corrected chi connectivity index (χ2v) is 5.81. The molecule has 2 rings (SSSR count). The number of rotatable bonds is 4. The first-order valence-electron chi connectivity index (χ1n) is 5.67. The smallest absolute Gasteiger partial charge is 0.335 e. The zero-order valence-electron chi connectivity index (χ0n) is 10.6. The molecule has 0 aliphatic carbocycles. The third-order valence-electron chi connectivity index (χ3n) is 2.54. The Morgan fingerprint density at radius 2 is 2.00 bits per heavy atom. The van der Waals surface area contributed by atoms with E-state index >= 15 is 0 Å². The molecular formula is C13H12N2O4S. The highest BCUT2D eigenvalue weighted by Gasteiger charge is 2.16. The molecule has 0 saturated heterocycles. The molecule has 1 aromatic carbocycles. The van der Waals surface area contributed by atoms with Gasteiger partial charge in [-0.3, -0.25) is 9.71 Å². The van der Waals surface area contributed by atoms with Crippen molar-refractivity contribution in [2.24, 2.45) is 0 Å². The van der Waals surface area contributed by atoms with Crippen molar-refractivity contribution < 1.29 is 18.3 Å². The van der Waals surface area contributed by atoms with E-state index in [2.05, 4.69) is 9.71 Å². The quantitative estimate of drug-likeness (QED) is 0.897. The lowest BCUT2D eigenvalue weighted by Gasteiger charge is -2.08. The molecule has 0 bridgehead atoms. The molecule has 0 spiro atoms. The third-order valence-corrected chi connectivity index (χ3v) is 3.92. The molecular weight excluding hydrogens is 280 g/mol. The number of benzene rings is 1. The largest absolute Gasteiger partial charge is 0.478 e. The van der Waals surface area contributed by atoms with Crippen LogP contribution in [0.1, 0.15) is 16.1 Å². The SMILES string of the molecule is Cc1cc(NS(=O)(=O)c2cccc(C(=O)O)c2)ccn1. The number of anilines is 1. The Bertz CT molecular complexity index is 756. The van der Waals surface area contributed by atoms with E-state index < -0.39 is 16.0 Å². The molecule has 1 heterocycles. The van der Waals surface area contributed by atoms with Gasteiger partial charge in [0, 0.05) is 11.9 Å². The van der Waals surface area contributed by atoms with Crippen molar-refractivity contribution in [1.82, 2.24) is 4.98 Å². The van der Waals surface area contributed by atoms with E-state index in [-0.39, 0.29) is 10.5 Å². The van der Waals surface area contributed by atoms with Crippen LogP contribution < -0.4 is 4.72 Å². The van der Waals surface area contributed by atoms with Crippen LogP contribution in [0.25, 0.3) is 0 Å². The monoisotopic (exact) mass is 292 g/mol. The summed E-state index contributed by atoms with van der Waals surface area (Å²) in [6.45, 7) is 1.74. The van der Waals surface area contributed by atoms with Crippen LogP contribution in [0.3, 0.4) is 0 Å². The second kappa shape index (κ2) is 5.30. The van der Waals surface area contributed by atoms with Crippen molar-refractivity contribution in [2.45, 2.75) is 11.8 Å². The zero-order chi connectivity index (χ0) is 14.8. The number of carboxylic acid groups (broad SMARTS) is 1. The number of hydrogen-bond acceptors (Lipinski definition) is 4. The lowest BCUT2D eigenvalue weighted by atomic mass is 10.2. The maximum Gasteiger partial charge on any atom is 0.335 e. The van der Waals surface area contributed by atoms with Crippen LogP contribution in [0.15, 0.2) is 47.5 Å². The van der Waals surface area contributed by atoms with Crippen molar-refractivity contribution in [3.63, 3.8) is 0 Å². The fourth-order valence-corrected chi connectivity index (χ4v) is 2.71. The molecule has 2 N–H and O–H groups in total. The maximum absolute atomic E-state index is 12.2. The summed E-state index contributed by atoms with van der Waals surface area (Å²) in [4.78, 5) is 14.7. The summed E-state index contributed by atoms with van der Waals surface area (Å²) >= 11 is 0. The Labute approximate surface area is 116 Å². The van der Waals surface area contributed by atoms with Gasteiger partial charge in [0.2, 0.25) is 0 Å². The predicted molar refractivity (Wildman–Crippen MR) is 73.2 cm³/mol. The highest BCUT2D eigenvalue weighted by molar-refractivity contribution is 7.92. The van der Waals surface area contributed by atoms with Gasteiger partial charge in [0.15, 0.2) is 0 Å². The van der Waals surface area contributed by atoms with Gasteiger partial charge < -0.3 is 5.11 Å². The summed E-state index contributed by atoms with van der Waals surface area (Å²) in [5.74, 6) is -1.18. The highest BCUT2D eigenvalue weighted by atomic mass is 32.2. The Balaban J connectivity index is 2.35. The highest BCUT2D eigenvalue weighted by Crippen LogP contribution is 2.17. The van der Waals surface area contributed by atoms with Crippen LogP contribution in [0, 0.1) is 6.92 Å². The molecule has 1 aromatic heterocycles. The molecule has 6 nitrogen and oxygen atoms in total.